The van der Waals surface area contributed by atoms with Crippen molar-refractivity contribution in [1.29, 1.82) is 0 Å². The molecular formula is C14H14FN3O3. The van der Waals surface area contributed by atoms with Crippen molar-refractivity contribution in [3.8, 4) is 11.1 Å². The van der Waals surface area contributed by atoms with E-state index in [0.29, 0.717) is 5.56 Å². The molecule has 0 saturated carbocycles. The lowest BCUT2D eigenvalue weighted by Crippen LogP contribution is -2.26. The Morgan fingerprint density at radius 3 is 2.71 bits per heavy atom. The number of amides is 1. The molecule has 2 aromatic rings. The van der Waals surface area contributed by atoms with Crippen molar-refractivity contribution in [1.82, 2.24) is 14.7 Å². The zero-order chi connectivity index (χ0) is 15.6. The number of benzene rings is 1. The summed E-state index contributed by atoms with van der Waals surface area (Å²) in [7, 11) is 3.26. The average molecular weight is 291 g/mol. The van der Waals surface area contributed by atoms with Gasteiger partial charge in [-0.25, -0.2) is 9.18 Å². The van der Waals surface area contributed by atoms with Gasteiger partial charge in [0.25, 0.3) is 0 Å². The van der Waals surface area contributed by atoms with Gasteiger partial charge in [0.2, 0.25) is 5.91 Å². The standard InChI is InChI=1S/C14H14FN3O3/c1-17(2)12(19)8-18-7-9(6-16-18)10-4-3-5-11(13(10)15)14(20)21/h3-7H,8H2,1-2H3,(H,20,21). The fourth-order valence-corrected chi connectivity index (χ4v) is 1.79. The topological polar surface area (TPSA) is 75.4 Å². The predicted octanol–water partition coefficient (Wildman–Crippen LogP) is 1.48. The Labute approximate surface area is 120 Å². The number of hydrogen-bond donors (Lipinski definition) is 1. The monoisotopic (exact) mass is 291 g/mol. The molecule has 0 atom stereocenters. The van der Waals surface area contributed by atoms with E-state index in [1.54, 1.807) is 14.1 Å². The Morgan fingerprint density at radius 2 is 2.10 bits per heavy atom. The van der Waals surface area contributed by atoms with Gasteiger partial charge in [-0.3, -0.25) is 9.48 Å². The largest absolute Gasteiger partial charge is 0.478 e. The van der Waals surface area contributed by atoms with Gasteiger partial charge < -0.3 is 10.0 Å². The maximum absolute atomic E-state index is 14.1. The van der Waals surface area contributed by atoms with E-state index in [1.807, 2.05) is 0 Å². The van der Waals surface area contributed by atoms with Gasteiger partial charge in [-0.1, -0.05) is 12.1 Å². The van der Waals surface area contributed by atoms with E-state index >= 15 is 0 Å². The molecule has 6 nitrogen and oxygen atoms in total. The van der Waals surface area contributed by atoms with Crippen LogP contribution in [0, 0.1) is 5.82 Å². The van der Waals surface area contributed by atoms with E-state index in [2.05, 4.69) is 5.10 Å². The van der Waals surface area contributed by atoms with Crippen LogP contribution >= 0.6 is 0 Å². The number of halogens is 1. The zero-order valence-electron chi connectivity index (χ0n) is 11.6. The third-order valence-corrected chi connectivity index (χ3v) is 2.97. The number of hydrogen-bond acceptors (Lipinski definition) is 3. The minimum atomic E-state index is -1.33. The summed E-state index contributed by atoms with van der Waals surface area (Å²) < 4.78 is 15.5. The van der Waals surface area contributed by atoms with Gasteiger partial charge in [-0.05, 0) is 6.07 Å². The van der Waals surface area contributed by atoms with Crippen LogP contribution in [0.4, 0.5) is 4.39 Å². The van der Waals surface area contributed by atoms with E-state index in [-0.39, 0.29) is 18.0 Å². The second-order valence-corrected chi connectivity index (χ2v) is 4.69. The molecule has 7 heteroatoms. The minimum absolute atomic E-state index is 0.0350. The van der Waals surface area contributed by atoms with Crippen LogP contribution in [-0.4, -0.2) is 45.8 Å². The quantitative estimate of drug-likeness (QED) is 0.925. The number of carboxylic acid groups (broad SMARTS) is 1. The summed E-state index contributed by atoms with van der Waals surface area (Å²) in [4.78, 5) is 23.9. The van der Waals surface area contributed by atoms with Gasteiger partial charge in [0.15, 0.2) is 0 Å². The van der Waals surface area contributed by atoms with Crippen molar-refractivity contribution >= 4 is 11.9 Å². The molecule has 1 amide bonds. The summed E-state index contributed by atoms with van der Waals surface area (Å²) in [5.41, 5.74) is 0.158. The highest BCUT2D eigenvalue weighted by molar-refractivity contribution is 5.89. The van der Waals surface area contributed by atoms with Crippen LogP contribution in [0.25, 0.3) is 11.1 Å². The van der Waals surface area contributed by atoms with Crippen LogP contribution in [0.3, 0.4) is 0 Å². The number of likely N-dealkylation sites (N-methyl/N-ethyl adjacent to an activating group) is 1. The summed E-state index contributed by atoms with van der Waals surface area (Å²) in [5.74, 6) is -2.29. The molecule has 0 aliphatic carbocycles. The fourth-order valence-electron chi connectivity index (χ4n) is 1.79. The first-order valence-corrected chi connectivity index (χ1v) is 6.15. The van der Waals surface area contributed by atoms with E-state index in [9.17, 15) is 14.0 Å². The molecule has 0 aliphatic rings. The van der Waals surface area contributed by atoms with Crippen LogP contribution < -0.4 is 0 Å². The molecule has 1 heterocycles. The number of rotatable bonds is 4. The molecular weight excluding hydrogens is 277 g/mol. The van der Waals surface area contributed by atoms with E-state index in [0.717, 1.165) is 0 Å². The summed E-state index contributed by atoms with van der Waals surface area (Å²) >= 11 is 0. The van der Waals surface area contributed by atoms with Crippen molar-refractivity contribution < 1.29 is 19.1 Å². The molecule has 0 saturated heterocycles. The van der Waals surface area contributed by atoms with Gasteiger partial charge in [-0.15, -0.1) is 0 Å². The lowest BCUT2D eigenvalue weighted by atomic mass is 10.1. The molecule has 1 N–H and O–H groups in total. The van der Waals surface area contributed by atoms with Crippen LogP contribution in [0.15, 0.2) is 30.6 Å². The lowest BCUT2D eigenvalue weighted by Gasteiger charge is -2.09. The summed E-state index contributed by atoms with van der Waals surface area (Å²) in [6.45, 7) is 0.0350. The van der Waals surface area contributed by atoms with Crippen LogP contribution in [0.5, 0.6) is 0 Å². The first-order valence-electron chi connectivity index (χ1n) is 6.15. The van der Waals surface area contributed by atoms with Crippen molar-refractivity contribution in [2.24, 2.45) is 0 Å². The Balaban J connectivity index is 2.32. The Bertz CT molecular complexity index is 695. The third-order valence-electron chi connectivity index (χ3n) is 2.97. The number of carbonyl (C=O) groups excluding carboxylic acids is 1. The van der Waals surface area contributed by atoms with Crippen molar-refractivity contribution in [2.45, 2.75) is 6.54 Å². The molecule has 21 heavy (non-hydrogen) atoms. The fraction of sp³-hybridized carbons (Fsp3) is 0.214. The lowest BCUT2D eigenvalue weighted by molar-refractivity contribution is -0.129. The molecule has 0 bridgehead atoms. The number of aromatic carboxylic acids is 1. The second kappa shape index (κ2) is 5.74. The highest BCUT2D eigenvalue weighted by Crippen LogP contribution is 2.24. The molecule has 110 valence electrons. The Morgan fingerprint density at radius 1 is 1.38 bits per heavy atom. The SMILES string of the molecule is CN(C)C(=O)Cn1cc(-c2cccc(C(=O)O)c2F)cn1. The summed E-state index contributed by atoms with van der Waals surface area (Å²) in [6, 6.07) is 4.13. The maximum atomic E-state index is 14.1. The van der Waals surface area contributed by atoms with Gasteiger partial charge in [0, 0.05) is 31.4 Å². The van der Waals surface area contributed by atoms with Crippen molar-refractivity contribution in [2.75, 3.05) is 14.1 Å². The highest BCUT2D eigenvalue weighted by atomic mass is 19.1. The van der Waals surface area contributed by atoms with Gasteiger partial charge in [0.1, 0.15) is 12.4 Å². The van der Waals surface area contributed by atoms with Crippen LogP contribution in [0.1, 0.15) is 10.4 Å². The molecule has 1 aromatic carbocycles. The first kappa shape index (κ1) is 14.7. The predicted molar refractivity (Wildman–Crippen MR) is 73.3 cm³/mol. The molecule has 0 aliphatic heterocycles. The minimum Gasteiger partial charge on any atom is -0.478 e. The summed E-state index contributed by atoms with van der Waals surface area (Å²) in [5, 5.41) is 12.9. The molecule has 0 unspecified atom stereocenters. The number of aromatic nitrogens is 2. The first-order chi connectivity index (χ1) is 9.90. The third kappa shape index (κ3) is 3.07. The van der Waals surface area contributed by atoms with Gasteiger partial charge in [-0.2, -0.15) is 5.10 Å². The number of carboxylic acids is 1. The van der Waals surface area contributed by atoms with Crippen molar-refractivity contribution in [3.05, 3.63) is 42.0 Å². The smallest absolute Gasteiger partial charge is 0.338 e. The average Bonchev–Trinajstić information content (AvgIpc) is 2.86. The van der Waals surface area contributed by atoms with Gasteiger partial charge >= 0.3 is 5.97 Å². The molecule has 0 radical (unpaired) electrons. The summed E-state index contributed by atoms with van der Waals surface area (Å²) in [6.07, 6.45) is 2.90. The molecule has 0 spiro atoms. The van der Waals surface area contributed by atoms with E-state index in [4.69, 9.17) is 5.11 Å². The molecule has 0 fully saturated rings. The van der Waals surface area contributed by atoms with E-state index < -0.39 is 17.3 Å². The molecule has 1 aromatic heterocycles. The Hall–Kier alpha value is -2.70. The van der Waals surface area contributed by atoms with Gasteiger partial charge in [0.05, 0.1) is 11.8 Å². The van der Waals surface area contributed by atoms with Crippen LogP contribution in [-0.2, 0) is 11.3 Å². The highest BCUT2D eigenvalue weighted by Gasteiger charge is 2.16. The normalized spacial score (nSPS) is 10.4. The second-order valence-electron chi connectivity index (χ2n) is 4.69. The molecule has 2 rings (SSSR count). The van der Waals surface area contributed by atoms with E-state index in [1.165, 1.54) is 40.2 Å². The Kier molecular flexibility index (Phi) is 4.02. The zero-order valence-corrected chi connectivity index (χ0v) is 11.6. The van der Waals surface area contributed by atoms with Crippen molar-refractivity contribution in [3.63, 3.8) is 0 Å². The number of carbonyl (C=O) groups is 2. The number of nitrogens with zero attached hydrogens (tertiary/aromatic N) is 3. The maximum Gasteiger partial charge on any atom is 0.338 e. The van der Waals surface area contributed by atoms with Crippen LogP contribution in [0.2, 0.25) is 0 Å².